The maximum Gasteiger partial charge on any atom is 0.181 e. The van der Waals surface area contributed by atoms with Crippen LogP contribution in [-0.2, 0) is 6.42 Å². The third-order valence-electron chi connectivity index (χ3n) is 2.88. The van der Waals surface area contributed by atoms with E-state index in [2.05, 4.69) is 44.2 Å². The third kappa shape index (κ3) is 2.93. The molecule has 0 bridgehead atoms. The van der Waals surface area contributed by atoms with Crippen molar-refractivity contribution in [3.63, 3.8) is 0 Å². The minimum absolute atomic E-state index is 0.737. The van der Waals surface area contributed by atoms with Gasteiger partial charge in [0.2, 0.25) is 0 Å². The fourth-order valence-corrected chi connectivity index (χ4v) is 2.84. The Morgan fingerprint density at radius 1 is 1.05 bits per heavy atom. The number of fused-ring (bicyclic) bond motifs is 1. The highest BCUT2D eigenvalue weighted by atomic mass is 32.2. The molecule has 0 atom stereocenters. The number of aromatic amines is 1. The molecule has 0 aliphatic carbocycles. The summed E-state index contributed by atoms with van der Waals surface area (Å²) in [6.45, 7) is 0. The number of imidazole rings is 1. The van der Waals surface area contributed by atoms with Gasteiger partial charge in [-0.3, -0.25) is 0 Å². The van der Waals surface area contributed by atoms with Crippen LogP contribution in [0.1, 0.15) is 12.0 Å². The molecule has 0 aliphatic rings. The van der Waals surface area contributed by atoms with Crippen molar-refractivity contribution in [1.82, 2.24) is 19.9 Å². The van der Waals surface area contributed by atoms with Gasteiger partial charge in [-0.15, -0.1) is 11.8 Å². The van der Waals surface area contributed by atoms with Gasteiger partial charge in [0.1, 0.15) is 16.9 Å². The maximum atomic E-state index is 4.30. The van der Waals surface area contributed by atoms with Crippen LogP contribution in [0.5, 0.6) is 0 Å². The topological polar surface area (TPSA) is 54.5 Å². The van der Waals surface area contributed by atoms with E-state index in [9.17, 15) is 0 Å². The normalized spacial score (nSPS) is 10.9. The van der Waals surface area contributed by atoms with Crippen molar-refractivity contribution in [2.75, 3.05) is 5.75 Å². The zero-order chi connectivity index (χ0) is 12.9. The molecule has 2 aromatic heterocycles. The Kier molecular flexibility index (Phi) is 3.74. The Labute approximate surface area is 115 Å². The van der Waals surface area contributed by atoms with Crippen molar-refractivity contribution in [2.45, 2.75) is 17.9 Å². The number of rotatable bonds is 5. The number of nitrogens with zero attached hydrogens (tertiary/aromatic N) is 3. The van der Waals surface area contributed by atoms with Gasteiger partial charge in [-0.1, -0.05) is 30.3 Å². The number of nitrogens with one attached hydrogen (secondary N) is 1. The highest BCUT2D eigenvalue weighted by Crippen LogP contribution is 2.22. The van der Waals surface area contributed by atoms with Crippen LogP contribution < -0.4 is 0 Å². The molecule has 5 heteroatoms. The van der Waals surface area contributed by atoms with E-state index in [1.54, 1.807) is 24.4 Å². The lowest BCUT2D eigenvalue weighted by Crippen LogP contribution is -1.90. The van der Waals surface area contributed by atoms with E-state index in [1.807, 2.05) is 6.07 Å². The number of hydrogen-bond acceptors (Lipinski definition) is 4. The van der Waals surface area contributed by atoms with E-state index in [0.717, 1.165) is 34.8 Å². The summed E-state index contributed by atoms with van der Waals surface area (Å²) in [7, 11) is 0. The van der Waals surface area contributed by atoms with Crippen LogP contribution >= 0.6 is 11.8 Å². The average molecular weight is 270 g/mol. The third-order valence-corrected chi connectivity index (χ3v) is 3.96. The first-order valence-electron chi connectivity index (χ1n) is 6.24. The predicted octanol–water partition coefficient (Wildman–Crippen LogP) is 3.08. The molecule has 0 saturated heterocycles. The Balaban J connectivity index is 1.57. The van der Waals surface area contributed by atoms with Crippen LogP contribution in [0.3, 0.4) is 0 Å². The molecule has 0 spiro atoms. The number of thioether (sulfide) groups is 1. The first-order chi connectivity index (χ1) is 9.43. The van der Waals surface area contributed by atoms with Gasteiger partial charge < -0.3 is 4.98 Å². The lowest BCUT2D eigenvalue weighted by Gasteiger charge is -2.02. The summed E-state index contributed by atoms with van der Waals surface area (Å²) in [5.41, 5.74) is 3.06. The van der Waals surface area contributed by atoms with Crippen molar-refractivity contribution in [1.29, 1.82) is 0 Å². The van der Waals surface area contributed by atoms with Crippen LogP contribution in [0.25, 0.3) is 11.2 Å². The fraction of sp³-hybridized carbons (Fsp3) is 0.214. The molecule has 19 heavy (non-hydrogen) atoms. The van der Waals surface area contributed by atoms with Crippen LogP contribution in [-0.4, -0.2) is 25.7 Å². The Hall–Kier alpha value is -1.88. The molecule has 0 amide bonds. The van der Waals surface area contributed by atoms with E-state index in [-0.39, 0.29) is 0 Å². The molecule has 1 N–H and O–H groups in total. The number of hydrogen-bond donors (Lipinski definition) is 1. The fourth-order valence-electron chi connectivity index (χ4n) is 1.94. The second-order valence-corrected chi connectivity index (χ2v) is 5.30. The minimum atomic E-state index is 0.737. The monoisotopic (exact) mass is 270 g/mol. The SMILES string of the molecule is c1ccc(CCCSc2ncnc3nc[nH]c23)cc1. The van der Waals surface area contributed by atoms with Gasteiger partial charge in [-0.25, -0.2) is 15.0 Å². The van der Waals surface area contributed by atoms with Crippen molar-refractivity contribution in [2.24, 2.45) is 0 Å². The number of H-pyrrole nitrogens is 1. The predicted molar refractivity (Wildman–Crippen MR) is 77.2 cm³/mol. The first-order valence-corrected chi connectivity index (χ1v) is 7.23. The van der Waals surface area contributed by atoms with E-state index in [4.69, 9.17) is 0 Å². The molecular weight excluding hydrogens is 256 g/mol. The van der Waals surface area contributed by atoms with Gasteiger partial charge in [-0.05, 0) is 24.2 Å². The second kappa shape index (κ2) is 5.84. The lowest BCUT2D eigenvalue weighted by atomic mass is 10.1. The highest BCUT2D eigenvalue weighted by molar-refractivity contribution is 7.99. The molecule has 96 valence electrons. The summed E-state index contributed by atoms with van der Waals surface area (Å²) in [5, 5.41) is 0.982. The molecule has 3 rings (SSSR count). The van der Waals surface area contributed by atoms with Gasteiger partial charge in [0, 0.05) is 0 Å². The molecule has 2 heterocycles. The van der Waals surface area contributed by atoms with Crippen molar-refractivity contribution in [3.05, 3.63) is 48.5 Å². The molecule has 0 aliphatic heterocycles. The smallest absolute Gasteiger partial charge is 0.181 e. The summed E-state index contributed by atoms with van der Waals surface area (Å²) in [6, 6.07) is 10.6. The van der Waals surface area contributed by atoms with E-state index >= 15 is 0 Å². The van der Waals surface area contributed by atoms with Crippen LogP contribution in [0.2, 0.25) is 0 Å². The summed E-state index contributed by atoms with van der Waals surface area (Å²) in [5.74, 6) is 1.04. The average Bonchev–Trinajstić information content (AvgIpc) is 2.94. The lowest BCUT2D eigenvalue weighted by molar-refractivity contribution is 0.930. The van der Waals surface area contributed by atoms with Crippen LogP contribution in [0.15, 0.2) is 48.0 Å². The first kappa shape index (κ1) is 12.2. The van der Waals surface area contributed by atoms with Crippen LogP contribution in [0, 0.1) is 0 Å². The highest BCUT2D eigenvalue weighted by Gasteiger charge is 2.05. The number of benzene rings is 1. The summed E-state index contributed by atoms with van der Waals surface area (Å²) < 4.78 is 0. The minimum Gasteiger partial charge on any atom is -0.341 e. The molecular formula is C14H14N4S. The van der Waals surface area contributed by atoms with Gasteiger partial charge in [0.25, 0.3) is 0 Å². The van der Waals surface area contributed by atoms with E-state index < -0.39 is 0 Å². The van der Waals surface area contributed by atoms with E-state index in [0.29, 0.717) is 0 Å². The van der Waals surface area contributed by atoms with Gasteiger partial charge in [0.15, 0.2) is 5.65 Å². The van der Waals surface area contributed by atoms with Crippen molar-refractivity contribution in [3.8, 4) is 0 Å². The molecule has 0 unspecified atom stereocenters. The molecule has 0 saturated carbocycles. The Morgan fingerprint density at radius 3 is 2.84 bits per heavy atom. The maximum absolute atomic E-state index is 4.30. The zero-order valence-corrected chi connectivity index (χ0v) is 11.2. The largest absolute Gasteiger partial charge is 0.341 e. The molecule has 1 aromatic carbocycles. The molecule has 0 fully saturated rings. The Morgan fingerprint density at radius 2 is 1.95 bits per heavy atom. The summed E-state index contributed by atoms with van der Waals surface area (Å²) >= 11 is 1.75. The van der Waals surface area contributed by atoms with Gasteiger partial charge in [-0.2, -0.15) is 0 Å². The Bertz CT molecular complexity index is 651. The molecule has 0 radical (unpaired) electrons. The molecule has 3 aromatic rings. The quantitative estimate of drug-likeness (QED) is 0.440. The van der Waals surface area contributed by atoms with Crippen molar-refractivity contribution < 1.29 is 0 Å². The van der Waals surface area contributed by atoms with Crippen molar-refractivity contribution >= 4 is 22.9 Å². The van der Waals surface area contributed by atoms with Gasteiger partial charge >= 0.3 is 0 Å². The number of aryl methyl sites for hydroxylation is 1. The number of aromatic nitrogens is 4. The molecule has 4 nitrogen and oxygen atoms in total. The van der Waals surface area contributed by atoms with Gasteiger partial charge in [0.05, 0.1) is 6.33 Å². The summed E-state index contributed by atoms with van der Waals surface area (Å²) in [6.07, 6.45) is 5.47. The second-order valence-electron chi connectivity index (χ2n) is 4.22. The zero-order valence-electron chi connectivity index (χ0n) is 10.4. The van der Waals surface area contributed by atoms with E-state index in [1.165, 1.54) is 5.56 Å². The summed E-state index contributed by atoms with van der Waals surface area (Å²) in [4.78, 5) is 15.6. The van der Waals surface area contributed by atoms with Crippen LogP contribution in [0.4, 0.5) is 0 Å². The standard InChI is InChI=1S/C14H14N4S/c1-2-5-11(6-3-1)7-4-8-19-14-12-13(16-9-15-12)17-10-18-14/h1-3,5-6,9-10H,4,7-8H2,(H,15,16,17,18).